The van der Waals surface area contributed by atoms with Gasteiger partial charge in [0.2, 0.25) is 0 Å². The highest BCUT2D eigenvalue weighted by atomic mass is 79.9. The molecule has 5 aromatic rings. The first kappa shape index (κ1) is 22.6. The summed E-state index contributed by atoms with van der Waals surface area (Å²) in [7, 11) is 0. The fourth-order valence-corrected chi connectivity index (χ4v) is 4.89. The fourth-order valence-electron chi connectivity index (χ4n) is 3.34. The molecule has 0 aliphatic carbocycles. The van der Waals surface area contributed by atoms with E-state index in [1.54, 1.807) is 60.0 Å². The number of hydrogen-bond donors (Lipinski definition) is 0. The van der Waals surface area contributed by atoms with E-state index in [1.165, 1.54) is 11.3 Å². The Morgan fingerprint density at radius 1 is 1.06 bits per heavy atom. The summed E-state index contributed by atoms with van der Waals surface area (Å²) in [6.07, 6.45) is 1.59. The molecule has 2 aromatic carbocycles. The number of nitrogens with zero attached hydrogens (tertiary/aromatic N) is 2. The van der Waals surface area contributed by atoms with Gasteiger partial charge in [0, 0.05) is 31.9 Å². The molecule has 5 rings (SSSR count). The Hall–Kier alpha value is -3.15. The zero-order valence-electron chi connectivity index (χ0n) is 17.0. The Morgan fingerprint density at radius 3 is 2.74 bits per heavy atom. The van der Waals surface area contributed by atoms with Crippen LogP contribution in [-0.2, 0) is 0 Å². The third kappa shape index (κ3) is 4.46. The van der Waals surface area contributed by atoms with Crippen molar-refractivity contribution in [2.75, 3.05) is 0 Å². The molecule has 0 unspecified atom stereocenters. The summed E-state index contributed by atoms with van der Waals surface area (Å²) in [5.41, 5.74) is 1.69. The van der Waals surface area contributed by atoms with Gasteiger partial charge in [-0.1, -0.05) is 39.1 Å². The molecule has 0 saturated heterocycles. The van der Waals surface area contributed by atoms with Crippen LogP contribution in [-0.4, -0.2) is 4.98 Å². The Balaban J connectivity index is 1.49. The van der Waals surface area contributed by atoms with Crippen LogP contribution in [0, 0.1) is 11.3 Å². The number of allylic oxidation sites excluding steroid dienone is 1. The molecule has 0 amide bonds. The quantitative estimate of drug-likeness (QED) is 0.160. The van der Waals surface area contributed by atoms with Gasteiger partial charge in [-0.3, -0.25) is 0 Å². The van der Waals surface area contributed by atoms with Crippen molar-refractivity contribution in [2.45, 2.75) is 0 Å². The van der Waals surface area contributed by atoms with Crippen LogP contribution < -0.4 is 5.63 Å². The summed E-state index contributed by atoms with van der Waals surface area (Å²) in [5.74, 6) is 0.977. The highest BCUT2D eigenvalue weighted by Crippen LogP contribution is 2.33. The highest BCUT2D eigenvalue weighted by molar-refractivity contribution is 9.10. The lowest BCUT2D eigenvalue weighted by Gasteiger charge is -2.01. The minimum atomic E-state index is -0.497. The summed E-state index contributed by atoms with van der Waals surface area (Å²) in [6.45, 7) is 0. The Kier molecular flexibility index (Phi) is 6.15. The summed E-state index contributed by atoms with van der Waals surface area (Å²) in [4.78, 5) is 17.0. The topological polar surface area (TPSA) is 80.0 Å². The van der Waals surface area contributed by atoms with Crippen LogP contribution in [0.15, 0.2) is 78.1 Å². The summed E-state index contributed by atoms with van der Waals surface area (Å²) >= 11 is 17.0. The zero-order valence-corrected chi connectivity index (χ0v) is 20.9. The van der Waals surface area contributed by atoms with Gasteiger partial charge >= 0.3 is 5.63 Å². The van der Waals surface area contributed by atoms with Crippen molar-refractivity contribution in [2.24, 2.45) is 0 Å². The van der Waals surface area contributed by atoms with Crippen molar-refractivity contribution in [3.8, 4) is 28.7 Å². The Labute approximate surface area is 215 Å². The molecular weight excluding hydrogens is 559 g/mol. The zero-order chi connectivity index (χ0) is 23.8. The normalized spacial score (nSPS) is 11.6. The number of rotatable bonds is 4. The third-order valence-electron chi connectivity index (χ3n) is 4.93. The molecule has 0 atom stereocenters. The van der Waals surface area contributed by atoms with Crippen LogP contribution in [0.2, 0.25) is 10.0 Å². The molecule has 0 aliphatic heterocycles. The minimum absolute atomic E-state index is 0.294. The average Bonchev–Trinajstić information content (AvgIpc) is 3.49. The second-order valence-corrected chi connectivity index (χ2v) is 9.78. The van der Waals surface area contributed by atoms with E-state index in [4.69, 9.17) is 32.0 Å². The number of halogens is 3. The number of fused-ring (bicyclic) bond motifs is 1. The molecule has 0 fully saturated rings. The van der Waals surface area contributed by atoms with Crippen molar-refractivity contribution in [1.29, 1.82) is 5.26 Å². The van der Waals surface area contributed by atoms with Crippen LogP contribution in [0.3, 0.4) is 0 Å². The number of furan rings is 1. The lowest BCUT2D eigenvalue weighted by molar-refractivity contribution is 0.563. The molecule has 0 radical (unpaired) electrons. The first-order valence-electron chi connectivity index (χ1n) is 9.78. The fraction of sp³-hybridized carbons (Fsp3) is 0. The summed E-state index contributed by atoms with van der Waals surface area (Å²) < 4.78 is 12.2. The highest BCUT2D eigenvalue weighted by Gasteiger charge is 2.15. The van der Waals surface area contributed by atoms with E-state index in [1.807, 2.05) is 6.07 Å². The van der Waals surface area contributed by atoms with E-state index in [2.05, 4.69) is 27.0 Å². The first-order chi connectivity index (χ1) is 16.4. The molecule has 0 saturated carbocycles. The molecule has 3 aromatic heterocycles. The second kappa shape index (κ2) is 9.24. The van der Waals surface area contributed by atoms with Crippen LogP contribution in [0.4, 0.5) is 0 Å². The molecule has 5 nitrogen and oxygen atoms in total. The van der Waals surface area contributed by atoms with Gasteiger partial charge in [0.15, 0.2) is 0 Å². The lowest BCUT2D eigenvalue weighted by Crippen LogP contribution is -2.02. The second-order valence-electron chi connectivity index (χ2n) is 7.16. The van der Waals surface area contributed by atoms with Gasteiger partial charge in [-0.15, -0.1) is 11.3 Å². The van der Waals surface area contributed by atoms with E-state index >= 15 is 0 Å². The summed E-state index contributed by atoms with van der Waals surface area (Å²) in [6, 6.07) is 17.8. The Bertz CT molecular complexity index is 1690. The molecule has 0 aliphatic rings. The predicted molar refractivity (Wildman–Crippen MR) is 139 cm³/mol. The molecule has 166 valence electrons. The smallest absolute Gasteiger partial charge is 0.345 e. The number of aromatic nitrogens is 1. The summed E-state index contributed by atoms with van der Waals surface area (Å²) in [5, 5.41) is 13.7. The number of benzene rings is 2. The van der Waals surface area contributed by atoms with Gasteiger partial charge in [-0.2, -0.15) is 5.26 Å². The van der Waals surface area contributed by atoms with Gasteiger partial charge in [-0.05, 0) is 54.6 Å². The maximum Gasteiger partial charge on any atom is 0.345 e. The van der Waals surface area contributed by atoms with Gasteiger partial charge in [-0.25, -0.2) is 9.78 Å². The van der Waals surface area contributed by atoms with Crippen LogP contribution in [0.1, 0.15) is 10.8 Å². The Morgan fingerprint density at radius 2 is 1.91 bits per heavy atom. The molecule has 0 N–H and O–H groups in total. The molecule has 0 spiro atoms. The molecule has 9 heteroatoms. The maximum atomic E-state index is 12.5. The molecule has 0 bridgehead atoms. The number of nitriles is 1. The van der Waals surface area contributed by atoms with E-state index in [0.717, 1.165) is 9.86 Å². The largest absolute Gasteiger partial charge is 0.457 e. The van der Waals surface area contributed by atoms with E-state index in [0.29, 0.717) is 54.6 Å². The maximum absolute atomic E-state index is 12.5. The first-order valence-corrected chi connectivity index (χ1v) is 12.2. The van der Waals surface area contributed by atoms with Gasteiger partial charge in [0.05, 0.1) is 21.9 Å². The molecule has 3 heterocycles. The predicted octanol–water partition coefficient (Wildman–Crippen LogP) is 8.31. The standard InChI is InChI=1S/C25H11BrCl2N2O3S/c26-15-1-5-22-13(7-15)9-19(25(31)33-22)21-12-34-24(30-21)14(11-29)8-17-3-6-23(32-17)18-10-16(27)2-4-20(18)28/h1-10,12H/b14-8+. The van der Waals surface area contributed by atoms with Gasteiger partial charge in [0.1, 0.15) is 28.2 Å². The SMILES string of the molecule is N#C/C(=C\c1ccc(-c2cc(Cl)ccc2Cl)o1)c1nc(-c2cc3cc(Br)ccc3oc2=O)cs1. The van der Waals surface area contributed by atoms with Crippen LogP contribution >= 0.6 is 50.5 Å². The van der Waals surface area contributed by atoms with Crippen LogP contribution in [0.25, 0.3) is 45.2 Å². The van der Waals surface area contributed by atoms with Gasteiger partial charge < -0.3 is 8.83 Å². The van der Waals surface area contributed by atoms with E-state index in [-0.39, 0.29) is 0 Å². The monoisotopic (exact) mass is 568 g/mol. The van der Waals surface area contributed by atoms with Crippen molar-refractivity contribution in [3.63, 3.8) is 0 Å². The van der Waals surface area contributed by atoms with Crippen molar-refractivity contribution in [1.82, 2.24) is 4.98 Å². The third-order valence-corrected chi connectivity index (χ3v) is 6.87. The van der Waals surface area contributed by atoms with Crippen molar-refractivity contribution < 1.29 is 8.83 Å². The van der Waals surface area contributed by atoms with E-state index in [9.17, 15) is 10.1 Å². The van der Waals surface area contributed by atoms with Crippen LogP contribution in [0.5, 0.6) is 0 Å². The van der Waals surface area contributed by atoms with Crippen molar-refractivity contribution in [3.05, 3.63) is 95.7 Å². The molecule has 34 heavy (non-hydrogen) atoms. The minimum Gasteiger partial charge on any atom is -0.457 e. The lowest BCUT2D eigenvalue weighted by atomic mass is 10.1. The van der Waals surface area contributed by atoms with E-state index < -0.39 is 5.63 Å². The average molecular weight is 570 g/mol. The molecular formula is C25H11BrCl2N2O3S. The van der Waals surface area contributed by atoms with Gasteiger partial charge in [0.25, 0.3) is 0 Å². The van der Waals surface area contributed by atoms with Crippen molar-refractivity contribution >= 4 is 73.1 Å². The number of thiazole rings is 1. The number of hydrogen-bond acceptors (Lipinski definition) is 6.